The van der Waals surface area contributed by atoms with Gasteiger partial charge in [-0.1, -0.05) is 18.2 Å². The molecule has 1 N–H and O–H groups in total. The fourth-order valence-electron chi connectivity index (χ4n) is 2.03. The number of halogens is 4. The summed E-state index contributed by atoms with van der Waals surface area (Å²) in [5.41, 5.74) is 2.03. The second-order valence-corrected chi connectivity index (χ2v) is 4.90. The molecule has 21 heavy (non-hydrogen) atoms. The lowest BCUT2D eigenvalue weighted by atomic mass is 10.0. The van der Waals surface area contributed by atoms with Crippen LogP contribution in [0.3, 0.4) is 0 Å². The molecule has 2 aromatic carbocycles. The Morgan fingerprint density at radius 2 is 1.76 bits per heavy atom. The molecule has 1 nitrogen and oxygen atoms in total. The Kier molecular flexibility index (Phi) is 4.21. The summed E-state index contributed by atoms with van der Waals surface area (Å²) in [6.45, 7) is 4.14. The summed E-state index contributed by atoms with van der Waals surface area (Å²) in [6, 6.07) is 8.03. The maximum absolute atomic E-state index is 13.6. The number of anilines is 1. The Labute approximate surface area is 120 Å². The van der Waals surface area contributed by atoms with Crippen LogP contribution in [0.5, 0.6) is 0 Å². The van der Waals surface area contributed by atoms with Gasteiger partial charge < -0.3 is 5.32 Å². The number of rotatable bonds is 3. The summed E-state index contributed by atoms with van der Waals surface area (Å²) in [7, 11) is 0. The first kappa shape index (κ1) is 15.4. The quantitative estimate of drug-likeness (QED) is 0.780. The first-order valence-corrected chi connectivity index (χ1v) is 6.45. The Balaban J connectivity index is 2.22. The van der Waals surface area contributed by atoms with Gasteiger partial charge in [0.15, 0.2) is 0 Å². The lowest BCUT2D eigenvalue weighted by Crippen LogP contribution is -2.08. The fraction of sp³-hybridized carbons (Fsp3) is 0.250. The van der Waals surface area contributed by atoms with Crippen LogP contribution in [0.4, 0.5) is 23.2 Å². The zero-order valence-corrected chi connectivity index (χ0v) is 11.7. The minimum Gasteiger partial charge on any atom is -0.379 e. The molecule has 0 aliphatic carbocycles. The van der Waals surface area contributed by atoms with Gasteiger partial charge in [0.1, 0.15) is 5.82 Å². The molecule has 0 heterocycles. The average molecular weight is 297 g/mol. The van der Waals surface area contributed by atoms with Gasteiger partial charge >= 0.3 is 6.18 Å². The van der Waals surface area contributed by atoms with Crippen molar-refractivity contribution in [3.05, 3.63) is 64.5 Å². The highest BCUT2D eigenvalue weighted by molar-refractivity contribution is 5.49. The highest BCUT2D eigenvalue weighted by Gasteiger charge is 2.31. The normalized spacial score (nSPS) is 11.5. The SMILES string of the molecule is Cc1cccc(CNc2cc(C(F)(F)F)ccc2F)c1C. The molecule has 0 saturated heterocycles. The van der Waals surface area contributed by atoms with E-state index in [9.17, 15) is 17.6 Å². The summed E-state index contributed by atoms with van der Waals surface area (Å²) >= 11 is 0. The van der Waals surface area contributed by atoms with E-state index in [-0.39, 0.29) is 12.2 Å². The lowest BCUT2D eigenvalue weighted by molar-refractivity contribution is -0.137. The number of benzene rings is 2. The third-order valence-electron chi connectivity index (χ3n) is 3.48. The lowest BCUT2D eigenvalue weighted by Gasteiger charge is -2.13. The summed E-state index contributed by atoms with van der Waals surface area (Å²) in [5, 5.41) is 2.73. The zero-order chi connectivity index (χ0) is 15.6. The van der Waals surface area contributed by atoms with Gasteiger partial charge in [-0.3, -0.25) is 0 Å². The maximum atomic E-state index is 13.6. The Morgan fingerprint density at radius 1 is 1.05 bits per heavy atom. The van der Waals surface area contributed by atoms with Crippen LogP contribution < -0.4 is 5.32 Å². The van der Waals surface area contributed by atoms with E-state index < -0.39 is 17.6 Å². The molecule has 0 atom stereocenters. The predicted octanol–water partition coefficient (Wildman–Crippen LogP) is 5.07. The molecule has 0 radical (unpaired) electrons. The van der Waals surface area contributed by atoms with Crippen molar-refractivity contribution in [1.82, 2.24) is 0 Å². The van der Waals surface area contributed by atoms with Gasteiger partial charge in [0.2, 0.25) is 0 Å². The topological polar surface area (TPSA) is 12.0 Å². The monoisotopic (exact) mass is 297 g/mol. The van der Waals surface area contributed by atoms with Crippen LogP contribution in [0.15, 0.2) is 36.4 Å². The molecule has 0 fully saturated rings. The molecule has 5 heteroatoms. The van der Waals surface area contributed by atoms with Gasteiger partial charge in [-0.05, 0) is 48.7 Å². The van der Waals surface area contributed by atoms with Crippen LogP contribution in [-0.4, -0.2) is 0 Å². The van der Waals surface area contributed by atoms with Crippen LogP contribution in [0.25, 0.3) is 0 Å². The van der Waals surface area contributed by atoms with E-state index in [1.807, 2.05) is 32.0 Å². The van der Waals surface area contributed by atoms with Crippen LogP contribution in [0.2, 0.25) is 0 Å². The number of alkyl halides is 3. The fourth-order valence-corrected chi connectivity index (χ4v) is 2.03. The Hall–Kier alpha value is -2.04. The molecule has 0 saturated carbocycles. The molecule has 2 rings (SSSR count). The second-order valence-electron chi connectivity index (χ2n) is 4.90. The molecule has 0 unspecified atom stereocenters. The van der Waals surface area contributed by atoms with Crippen molar-refractivity contribution in [2.24, 2.45) is 0 Å². The van der Waals surface area contributed by atoms with E-state index in [1.165, 1.54) is 0 Å². The summed E-state index contributed by atoms with van der Waals surface area (Å²) in [6.07, 6.45) is -4.48. The van der Waals surface area contributed by atoms with Crippen molar-refractivity contribution in [3.8, 4) is 0 Å². The van der Waals surface area contributed by atoms with E-state index in [0.717, 1.165) is 34.9 Å². The van der Waals surface area contributed by atoms with Crippen molar-refractivity contribution in [3.63, 3.8) is 0 Å². The minimum absolute atomic E-state index is 0.147. The highest BCUT2D eigenvalue weighted by atomic mass is 19.4. The highest BCUT2D eigenvalue weighted by Crippen LogP contribution is 2.32. The summed E-state index contributed by atoms with van der Waals surface area (Å²) in [5.74, 6) is -0.701. The molecule has 0 aromatic heterocycles. The van der Waals surface area contributed by atoms with Gasteiger partial charge in [0, 0.05) is 6.54 Å². The van der Waals surface area contributed by atoms with E-state index in [1.54, 1.807) is 0 Å². The van der Waals surface area contributed by atoms with Gasteiger partial charge in [-0.15, -0.1) is 0 Å². The third kappa shape index (κ3) is 3.54. The van der Waals surface area contributed by atoms with Crippen LogP contribution in [-0.2, 0) is 12.7 Å². The number of hydrogen-bond donors (Lipinski definition) is 1. The predicted molar refractivity (Wildman–Crippen MR) is 74.6 cm³/mol. The van der Waals surface area contributed by atoms with Gasteiger partial charge in [-0.2, -0.15) is 13.2 Å². The first-order valence-electron chi connectivity index (χ1n) is 6.45. The van der Waals surface area contributed by atoms with E-state index in [0.29, 0.717) is 0 Å². The molecule has 0 aliphatic heterocycles. The van der Waals surface area contributed by atoms with Gasteiger partial charge in [0.05, 0.1) is 11.3 Å². The number of aryl methyl sites for hydroxylation is 1. The van der Waals surface area contributed by atoms with Crippen molar-refractivity contribution in [2.75, 3.05) is 5.32 Å². The molecule has 0 aliphatic rings. The van der Waals surface area contributed by atoms with E-state index >= 15 is 0 Å². The van der Waals surface area contributed by atoms with Gasteiger partial charge in [0.25, 0.3) is 0 Å². The van der Waals surface area contributed by atoms with E-state index in [2.05, 4.69) is 5.32 Å². The third-order valence-corrected chi connectivity index (χ3v) is 3.48. The smallest absolute Gasteiger partial charge is 0.379 e. The second kappa shape index (κ2) is 5.76. The molecule has 112 valence electrons. The molecule has 0 bridgehead atoms. The number of hydrogen-bond acceptors (Lipinski definition) is 1. The van der Waals surface area contributed by atoms with Crippen LogP contribution in [0, 0.1) is 19.7 Å². The number of nitrogens with one attached hydrogen (secondary N) is 1. The largest absolute Gasteiger partial charge is 0.416 e. The van der Waals surface area contributed by atoms with Gasteiger partial charge in [-0.25, -0.2) is 4.39 Å². The molecule has 0 spiro atoms. The standard InChI is InChI=1S/C16H15F4N/c1-10-4-3-5-12(11(10)2)9-21-15-8-13(16(18,19)20)6-7-14(15)17/h3-8,21H,9H2,1-2H3. The Morgan fingerprint density at radius 3 is 2.43 bits per heavy atom. The van der Waals surface area contributed by atoms with Crippen LogP contribution >= 0.6 is 0 Å². The van der Waals surface area contributed by atoms with Crippen molar-refractivity contribution in [2.45, 2.75) is 26.6 Å². The molecular weight excluding hydrogens is 282 g/mol. The van der Waals surface area contributed by atoms with Crippen molar-refractivity contribution in [1.29, 1.82) is 0 Å². The molecular formula is C16H15F4N. The van der Waals surface area contributed by atoms with E-state index in [4.69, 9.17) is 0 Å². The van der Waals surface area contributed by atoms with Crippen molar-refractivity contribution < 1.29 is 17.6 Å². The summed E-state index contributed by atoms with van der Waals surface area (Å²) < 4.78 is 51.5. The minimum atomic E-state index is -4.48. The summed E-state index contributed by atoms with van der Waals surface area (Å²) in [4.78, 5) is 0. The van der Waals surface area contributed by atoms with Crippen molar-refractivity contribution >= 4 is 5.69 Å². The average Bonchev–Trinajstić information content (AvgIpc) is 2.40. The zero-order valence-electron chi connectivity index (χ0n) is 11.7. The molecule has 2 aromatic rings. The Bertz CT molecular complexity index is 647. The van der Waals surface area contributed by atoms with Crippen LogP contribution in [0.1, 0.15) is 22.3 Å². The first-order chi connectivity index (χ1) is 9.79. The molecule has 0 amide bonds. The maximum Gasteiger partial charge on any atom is 0.416 e.